The largest absolute Gasteiger partial charge is 0.466 e. The summed E-state index contributed by atoms with van der Waals surface area (Å²) in [5, 5.41) is 10.7. The van der Waals surface area contributed by atoms with Gasteiger partial charge in [-0.3, -0.25) is 14.2 Å². The number of carbonyl (C=O) groups is 2. The highest BCUT2D eigenvalue weighted by Crippen LogP contribution is 2.36. The van der Waals surface area contributed by atoms with Gasteiger partial charge >= 0.3 is 5.97 Å². The third kappa shape index (κ3) is 6.19. The van der Waals surface area contributed by atoms with E-state index in [4.69, 9.17) is 27.9 Å². The number of nitrogens with zero attached hydrogens (tertiary/aromatic N) is 4. The molecule has 202 valence electrons. The molecule has 1 aromatic heterocycles. The van der Waals surface area contributed by atoms with Crippen LogP contribution >= 0.6 is 35.0 Å². The van der Waals surface area contributed by atoms with Gasteiger partial charge in [0.05, 0.1) is 29.0 Å². The number of hydrogen-bond donors (Lipinski definition) is 0. The quantitative estimate of drug-likeness (QED) is 0.222. The van der Waals surface area contributed by atoms with Crippen LogP contribution in [0.2, 0.25) is 10.0 Å². The molecule has 0 N–H and O–H groups in total. The van der Waals surface area contributed by atoms with Crippen molar-refractivity contribution < 1.29 is 14.3 Å². The van der Waals surface area contributed by atoms with Crippen molar-refractivity contribution in [1.82, 2.24) is 19.7 Å². The first-order chi connectivity index (χ1) is 18.4. The monoisotopic (exact) mass is 574 g/mol. The molecule has 1 aliphatic heterocycles. The number of halogens is 2. The number of ether oxygens (including phenoxy) is 1. The molecule has 1 amide bonds. The predicted molar refractivity (Wildman–Crippen MR) is 152 cm³/mol. The van der Waals surface area contributed by atoms with Crippen molar-refractivity contribution in [2.24, 2.45) is 5.92 Å². The number of amides is 1. The number of thioether (sulfide) groups is 1. The van der Waals surface area contributed by atoms with Gasteiger partial charge in [-0.1, -0.05) is 67.0 Å². The molecule has 4 rings (SSSR count). The molecule has 2 heterocycles. The van der Waals surface area contributed by atoms with Gasteiger partial charge in [0.15, 0.2) is 11.0 Å². The standard InChI is InChI=1S/C28H32Cl2N4O3S/c1-4-18-8-7-9-19(5-2)25(18)34-26(22-11-10-21(29)16-23(22)30)31-32-28(34)38-17-24(35)33-14-12-20(13-15-33)27(36)37-6-3/h7-11,16,20H,4-6,12-15,17H2,1-3H3. The van der Waals surface area contributed by atoms with Gasteiger partial charge in [-0.2, -0.15) is 0 Å². The number of piperidine rings is 1. The van der Waals surface area contributed by atoms with E-state index >= 15 is 0 Å². The van der Waals surface area contributed by atoms with Crippen LogP contribution in [0.1, 0.15) is 44.7 Å². The number of rotatable bonds is 9. The average molecular weight is 576 g/mol. The Morgan fingerprint density at radius 2 is 1.71 bits per heavy atom. The number of aryl methyl sites for hydroxylation is 2. The second kappa shape index (κ2) is 13.0. The third-order valence-corrected chi connectivity index (χ3v) is 8.25. The molecule has 38 heavy (non-hydrogen) atoms. The molecule has 0 radical (unpaired) electrons. The van der Waals surface area contributed by atoms with Crippen LogP contribution in [0.4, 0.5) is 0 Å². The minimum absolute atomic E-state index is 0.0115. The van der Waals surface area contributed by atoms with E-state index < -0.39 is 0 Å². The van der Waals surface area contributed by atoms with Crippen LogP contribution in [0.15, 0.2) is 41.6 Å². The third-order valence-electron chi connectivity index (χ3n) is 6.79. The molecule has 7 nitrogen and oxygen atoms in total. The van der Waals surface area contributed by atoms with Gasteiger partial charge in [-0.05, 0) is 61.9 Å². The zero-order chi connectivity index (χ0) is 27.2. The number of likely N-dealkylation sites (tertiary alicyclic amines) is 1. The molecular weight excluding hydrogens is 543 g/mol. The first-order valence-electron chi connectivity index (χ1n) is 13.0. The molecule has 0 unspecified atom stereocenters. The number of hydrogen-bond acceptors (Lipinski definition) is 6. The van der Waals surface area contributed by atoms with Crippen LogP contribution in [0, 0.1) is 5.92 Å². The first kappa shape index (κ1) is 28.5. The van der Waals surface area contributed by atoms with Crippen molar-refractivity contribution in [2.75, 3.05) is 25.4 Å². The van der Waals surface area contributed by atoms with Crippen molar-refractivity contribution in [2.45, 2.75) is 51.6 Å². The van der Waals surface area contributed by atoms with E-state index in [1.165, 1.54) is 11.8 Å². The Balaban J connectivity index is 1.62. The molecule has 0 bridgehead atoms. The number of para-hydroxylation sites is 1. The average Bonchev–Trinajstić information content (AvgIpc) is 3.34. The van der Waals surface area contributed by atoms with E-state index in [-0.39, 0.29) is 23.5 Å². The lowest BCUT2D eigenvalue weighted by atomic mass is 9.97. The summed E-state index contributed by atoms with van der Waals surface area (Å²) in [7, 11) is 0. The Morgan fingerprint density at radius 1 is 1.03 bits per heavy atom. The number of carbonyl (C=O) groups excluding carboxylic acids is 2. The molecule has 2 aromatic carbocycles. The van der Waals surface area contributed by atoms with Crippen molar-refractivity contribution in [1.29, 1.82) is 0 Å². The Labute approximate surface area is 237 Å². The second-order valence-electron chi connectivity index (χ2n) is 9.09. The van der Waals surface area contributed by atoms with Crippen LogP contribution in [0.3, 0.4) is 0 Å². The summed E-state index contributed by atoms with van der Waals surface area (Å²) < 4.78 is 7.17. The molecule has 1 fully saturated rings. The SMILES string of the molecule is CCOC(=O)C1CCN(C(=O)CSc2nnc(-c3ccc(Cl)cc3Cl)n2-c2c(CC)cccc2CC)CC1. The smallest absolute Gasteiger partial charge is 0.309 e. The van der Waals surface area contributed by atoms with E-state index in [0.717, 1.165) is 35.2 Å². The molecule has 0 aliphatic carbocycles. The maximum absolute atomic E-state index is 13.1. The van der Waals surface area contributed by atoms with Crippen LogP contribution in [-0.2, 0) is 27.2 Å². The predicted octanol–water partition coefficient (Wildman–Crippen LogP) is 6.26. The van der Waals surface area contributed by atoms with Crippen molar-refractivity contribution >= 4 is 46.8 Å². The fourth-order valence-electron chi connectivity index (χ4n) is 4.75. The summed E-state index contributed by atoms with van der Waals surface area (Å²) in [6, 6.07) is 11.6. The Hall–Kier alpha value is -2.55. The fraction of sp³-hybridized carbons (Fsp3) is 0.429. The van der Waals surface area contributed by atoms with Crippen LogP contribution in [0.25, 0.3) is 17.1 Å². The van der Waals surface area contributed by atoms with Gasteiger partial charge < -0.3 is 9.64 Å². The number of esters is 1. The highest BCUT2D eigenvalue weighted by Gasteiger charge is 2.29. The van der Waals surface area contributed by atoms with Gasteiger partial charge in [0, 0.05) is 23.7 Å². The van der Waals surface area contributed by atoms with Crippen molar-refractivity contribution in [3.05, 3.63) is 57.6 Å². The van der Waals surface area contributed by atoms with Gasteiger partial charge in [0.2, 0.25) is 5.91 Å². The second-order valence-corrected chi connectivity index (χ2v) is 10.9. The first-order valence-corrected chi connectivity index (χ1v) is 14.7. The van der Waals surface area contributed by atoms with Gasteiger partial charge in [0.1, 0.15) is 0 Å². The molecule has 1 aliphatic rings. The van der Waals surface area contributed by atoms with E-state index in [2.05, 4.69) is 42.2 Å². The van der Waals surface area contributed by atoms with E-state index in [0.29, 0.717) is 53.6 Å². The Kier molecular flexibility index (Phi) is 9.74. The lowest BCUT2D eigenvalue weighted by molar-refractivity contribution is -0.151. The van der Waals surface area contributed by atoms with Crippen LogP contribution in [-0.4, -0.2) is 57.0 Å². The molecule has 3 aromatic rings. The van der Waals surface area contributed by atoms with E-state index in [9.17, 15) is 9.59 Å². The van der Waals surface area contributed by atoms with Crippen LogP contribution < -0.4 is 0 Å². The highest BCUT2D eigenvalue weighted by atomic mass is 35.5. The Morgan fingerprint density at radius 3 is 2.32 bits per heavy atom. The molecule has 0 spiro atoms. The molecule has 10 heteroatoms. The summed E-state index contributed by atoms with van der Waals surface area (Å²) in [4.78, 5) is 27.0. The lowest BCUT2D eigenvalue weighted by Crippen LogP contribution is -2.41. The summed E-state index contributed by atoms with van der Waals surface area (Å²) in [5.41, 5.74) is 4.05. The van der Waals surface area contributed by atoms with E-state index in [1.54, 1.807) is 19.1 Å². The normalized spacial score (nSPS) is 14.1. The number of aromatic nitrogens is 3. The van der Waals surface area contributed by atoms with Crippen molar-refractivity contribution in [3.63, 3.8) is 0 Å². The minimum Gasteiger partial charge on any atom is -0.466 e. The molecule has 1 saturated heterocycles. The number of benzene rings is 2. The summed E-state index contributed by atoms with van der Waals surface area (Å²) in [6.07, 6.45) is 2.89. The van der Waals surface area contributed by atoms with E-state index in [1.807, 2.05) is 15.5 Å². The minimum atomic E-state index is -0.170. The lowest BCUT2D eigenvalue weighted by Gasteiger charge is -2.30. The topological polar surface area (TPSA) is 77.3 Å². The summed E-state index contributed by atoms with van der Waals surface area (Å²) in [5.74, 6) is 0.521. The van der Waals surface area contributed by atoms with Gasteiger partial charge in [0.25, 0.3) is 0 Å². The van der Waals surface area contributed by atoms with Crippen LogP contribution in [0.5, 0.6) is 0 Å². The Bertz CT molecular complexity index is 1280. The van der Waals surface area contributed by atoms with Gasteiger partial charge in [-0.15, -0.1) is 10.2 Å². The summed E-state index contributed by atoms with van der Waals surface area (Å²) in [6.45, 7) is 7.50. The summed E-state index contributed by atoms with van der Waals surface area (Å²) >= 11 is 14.1. The maximum atomic E-state index is 13.1. The highest BCUT2D eigenvalue weighted by molar-refractivity contribution is 7.99. The van der Waals surface area contributed by atoms with Gasteiger partial charge in [-0.25, -0.2) is 0 Å². The zero-order valence-corrected chi connectivity index (χ0v) is 24.2. The zero-order valence-electron chi connectivity index (χ0n) is 21.9. The molecule has 0 atom stereocenters. The maximum Gasteiger partial charge on any atom is 0.309 e. The molecule has 0 saturated carbocycles. The fourth-order valence-corrected chi connectivity index (χ4v) is 6.09. The molecular formula is C28H32Cl2N4O3S. The van der Waals surface area contributed by atoms with Crippen molar-refractivity contribution in [3.8, 4) is 17.1 Å².